The highest BCUT2D eigenvalue weighted by Crippen LogP contribution is 2.33. The zero-order valence-corrected chi connectivity index (χ0v) is 14.5. The zero-order valence-electron chi connectivity index (χ0n) is 13.7. The first-order valence-electron chi connectivity index (χ1n) is 7.86. The van der Waals surface area contributed by atoms with Gasteiger partial charge >= 0.3 is 0 Å². The quantitative estimate of drug-likeness (QED) is 0.662. The van der Waals surface area contributed by atoms with E-state index < -0.39 is 20.6 Å². The topological polar surface area (TPSA) is 107 Å². The standard InChI is InChI=1S/C17H19N3O4S/c1-12-7-8-17(16(9-12)20(21)22)25(23,24)19-10-14(15(18)11-19)13-5-3-2-4-6-13/h2-9,14-15H,10-11,18H2,1H3/t14-,15+/m0/s1. The highest BCUT2D eigenvalue weighted by atomic mass is 32.2. The van der Waals surface area contributed by atoms with Crippen LogP contribution in [0.1, 0.15) is 17.0 Å². The number of nitro benzene ring substituents is 1. The monoisotopic (exact) mass is 361 g/mol. The first-order chi connectivity index (χ1) is 11.8. The number of benzene rings is 2. The Labute approximate surface area is 146 Å². The molecule has 2 aromatic rings. The van der Waals surface area contributed by atoms with Crippen LogP contribution in [0.25, 0.3) is 0 Å². The number of nitrogens with zero attached hydrogens (tertiary/aromatic N) is 2. The van der Waals surface area contributed by atoms with Crippen molar-refractivity contribution in [2.24, 2.45) is 5.73 Å². The largest absolute Gasteiger partial charge is 0.326 e. The van der Waals surface area contributed by atoms with Gasteiger partial charge in [0, 0.05) is 31.1 Å². The van der Waals surface area contributed by atoms with E-state index in [4.69, 9.17) is 5.73 Å². The third-order valence-electron chi connectivity index (χ3n) is 4.49. The lowest BCUT2D eigenvalue weighted by Crippen LogP contribution is -2.32. The second kappa shape index (κ2) is 6.55. The Morgan fingerprint density at radius 3 is 2.48 bits per heavy atom. The maximum Gasteiger partial charge on any atom is 0.289 e. The molecule has 0 aliphatic carbocycles. The van der Waals surface area contributed by atoms with E-state index in [1.807, 2.05) is 30.3 Å². The molecule has 2 N–H and O–H groups in total. The summed E-state index contributed by atoms with van der Waals surface area (Å²) < 4.78 is 27.2. The summed E-state index contributed by atoms with van der Waals surface area (Å²) in [4.78, 5) is 10.3. The smallest absolute Gasteiger partial charge is 0.289 e. The van der Waals surface area contributed by atoms with Crippen LogP contribution < -0.4 is 5.73 Å². The third-order valence-corrected chi connectivity index (χ3v) is 6.37. The normalized spacial score (nSPS) is 21.4. The van der Waals surface area contributed by atoms with E-state index in [9.17, 15) is 18.5 Å². The summed E-state index contributed by atoms with van der Waals surface area (Å²) in [6.07, 6.45) is 0. The first-order valence-corrected chi connectivity index (χ1v) is 9.30. The fourth-order valence-corrected chi connectivity index (χ4v) is 4.81. The molecule has 1 fully saturated rings. The van der Waals surface area contributed by atoms with Crippen LogP contribution in [-0.4, -0.2) is 36.8 Å². The van der Waals surface area contributed by atoms with Crippen LogP contribution in [0.2, 0.25) is 0 Å². The summed E-state index contributed by atoms with van der Waals surface area (Å²) in [5, 5.41) is 11.3. The number of nitrogens with two attached hydrogens (primary N) is 1. The molecule has 132 valence electrons. The van der Waals surface area contributed by atoms with Crippen LogP contribution >= 0.6 is 0 Å². The van der Waals surface area contributed by atoms with Gasteiger partial charge in [-0.2, -0.15) is 4.31 Å². The lowest BCUT2D eigenvalue weighted by Gasteiger charge is -2.17. The van der Waals surface area contributed by atoms with Crippen LogP contribution in [0, 0.1) is 17.0 Å². The van der Waals surface area contributed by atoms with Gasteiger partial charge in [-0.05, 0) is 24.1 Å². The maximum absolute atomic E-state index is 13.0. The van der Waals surface area contributed by atoms with Crippen molar-refractivity contribution in [1.82, 2.24) is 4.31 Å². The van der Waals surface area contributed by atoms with Gasteiger partial charge in [0.15, 0.2) is 4.90 Å². The van der Waals surface area contributed by atoms with E-state index in [0.29, 0.717) is 5.56 Å². The first kappa shape index (κ1) is 17.5. The molecule has 0 unspecified atom stereocenters. The summed E-state index contributed by atoms with van der Waals surface area (Å²) in [5.41, 5.74) is 7.35. The SMILES string of the molecule is Cc1ccc(S(=O)(=O)N2C[C@@H](N)[C@H](c3ccccc3)C2)c([N+](=O)[O-])c1. The van der Waals surface area contributed by atoms with E-state index in [1.54, 1.807) is 13.0 Å². The van der Waals surface area contributed by atoms with E-state index >= 15 is 0 Å². The Morgan fingerprint density at radius 2 is 1.84 bits per heavy atom. The third kappa shape index (κ3) is 3.28. The van der Waals surface area contributed by atoms with E-state index in [0.717, 1.165) is 5.56 Å². The number of hydrogen-bond donors (Lipinski definition) is 1. The summed E-state index contributed by atoms with van der Waals surface area (Å²) >= 11 is 0. The fraction of sp³-hybridized carbons (Fsp3) is 0.294. The number of nitro groups is 1. The van der Waals surface area contributed by atoms with E-state index in [1.165, 1.54) is 16.4 Å². The summed E-state index contributed by atoms with van der Waals surface area (Å²) in [6.45, 7) is 2.02. The van der Waals surface area contributed by atoms with Gasteiger partial charge in [0.25, 0.3) is 5.69 Å². The molecule has 1 saturated heterocycles. The van der Waals surface area contributed by atoms with E-state index in [2.05, 4.69) is 0 Å². The van der Waals surface area contributed by atoms with Crippen LogP contribution in [-0.2, 0) is 10.0 Å². The highest BCUT2D eigenvalue weighted by molar-refractivity contribution is 7.89. The highest BCUT2D eigenvalue weighted by Gasteiger charge is 2.40. The van der Waals surface area contributed by atoms with Gasteiger partial charge in [0.05, 0.1) is 4.92 Å². The Kier molecular flexibility index (Phi) is 4.59. The van der Waals surface area contributed by atoms with Gasteiger partial charge in [-0.1, -0.05) is 36.4 Å². The molecule has 2 aromatic carbocycles. The summed E-state index contributed by atoms with van der Waals surface area (Å²) in [6, 6.07) is 13.2. The lowest BCUT2D eigenvalue weighted by molar-refractivity contribution is -0.387. The molecule has 8 heteroatoms. The predicted molar refractivity (Wildman–Crippen MR) is 93.8 cm³/mol. The van der Waals surface area contributed by atoms with Crippen molar-refractivity contribution in [2.75, 3.05) is 13.1 Å². The molecule has 2 atom stereocenters. The molecule has 0 amide bonds. The van der Waals surface area contributed by atoms with Gasteiger partial charge in [-0.3, -0.25) is 10.1 Å². The molecule has 1 aliphatic rings. The van der Waals surface area contributed by atoms with Crippen molar-refractivity contribution in [3.8, 4) is 0 Å². The fourth-order valence-electron chi connectivity index (χ4n) is 3.17. The molecular weight excluding hydrogens is 342 g/mol. The lowest BCUT2D eigenvalue weighted by atomic mass is 9.95. The Balaban J connectivity index is 1.96. The molecule has 0 aromatic heterocycles. The van der Waals surface area contributed by atoms with Crippen LogP contribution in [0.15, 0.2) is 53.4 Å². The molecule has 7 nitrogen and oxygen atoms in total. The van der Waals surface area contributed by atoms with Gasteiger partial charge < -0.3 is 5.73 Å². The van der Waals surface area contributed by atoms with Gasteiger partial charge in [-0.15, -0.1) is 0 Å². The summed E-state index contributed by atoms with van der Waals surface area (Å²) in [5.74, 6) is -0.138. The predicted octanol–water partition coefficient (Wildman–Crippen LogP) is 2.02. The van der Waals surface area contributed by atoms with Crippen molar-refractivity contribution in [2.45, 2.75) is 23.8 Å². The molecule has 0 spiro atoms. The van der Waals surface area contributed by atoms with Crippen molar-refractivity contribution < 1.29 is 13.3 Å². The van der Waals surface area contributed by atoms with Crippen LogP contribution in [0.3, 0.4) is 0 Å². The molecule has 25 heavy (non-hydrogen) atoms. The minimum atomic E-state index is -3.99. The molecular formula is C17H19N3O4S. The van der Waals surface area contributed by atoms with E-state index in [-0.39, 0.29) is 29.9 Å². The number of aryl methyl sites for hydroxylation is 1. The minimum absolute atomic E-state index is 0.132. The summed E-state index contributed by atoms with van der Waals surface area (Å²) in [7, 11) is -3.99. The van der Waals surface area contributed by atoms with Crippen molar-refractivity contribution in [1.29, 1.82) is 0 Å². The number of sulfonamides is 1. The van der Waals surface area contributed by atoms with Crippen LogP contribution in [0.4, 0.5) is 5.69 Å². The average molecular weight is 361 g/mol. The van der Waals surface area contributed by atoms with Crippen molar-refractivity contribution in [3.05, 3.63) is 69.8 Å². The molecule has 1 heterocycles. The molecule has 0 saturated carbocycles. The average Bonchev–Trinajstić information content (AvgIpc) is 2.98. The van der Waals surface area contributed by atoms with Crippen molar-refractivity contribution in [3.63, 3.8) is 0 Å². The second-order valence-electron chi connectivity index (χ2n) is 6.23. The minimum Gasteiger partial charge on any atom is -0.326 e. The second-order valence-corrected chi connectivity index (χ2v) is 8.14. The Morgan fingerprint density at radius 1 is 1.16 bits per heavy atom. The Hall–Kier alpha value is -2.29. The molecule has 0 bridgehead atoms. The van der Waals surface area contributed by atoms with Gasteiger partial charge in [0.2, 0.25) is 10.0 Å². The van der Waals surface area contributed by atoms with Crippen molar-refractivity contribution >= 4 is 15.7 Å². The van der Waals surface area contributed by atoms with Gasteiger partial charge in [-0.25, -0.2) is 8.42 Å². The zero-order chi connectivity index (χ0) is 18.2. The van der Waals surface area contributed by atoms with Crippen LogP contribution in [0.5, 0.6) is 0 Å². The molecule has 3 rings (SSSR count). The maximum atomic E-state index is 13.0. The number of rotatable bonds is 4. The molecule has 1 aliphatic heterocycles. The Bertz CT molecular complexity index is 899. The molecule has 0 radical (unpaired) electrons. The number of hydrogen-bond acceptors (Lipinski definition) is 5. The van der Waals surface area contributed by atoms with Gasteiger partial charge in [0.1, 0.15) is 0 Å².